The average Bonchev–Trinajstić information content (AvgIpc) is 2.42. The molecular formula is C10H19N3O2S. The van der Waals surface area contributed by atoms with Crippen molar-refractivity contribution in [2.75, 3.05) is 17.3 Å². The van der Waals surface area contributed by atoms with Crippen molar-refractivity contribution in [2.24, 2.45) is 0 Å². The Labute approximate surface area is 96.8 Å². The lowest BCUT2D eigenvalue weighted by atomic mass is 10.4. The fourth-order valence-corrected chi connectivity index (χ4v) is 2.61. The van der Waals surface area contributed by atoms with Gasteiger partial charge in [0.1, 0.15) is 9.84 Å². The second kappa shape index (κ2) is 4.86. The van der Waals surface area contributed by atoms with Crippen LogP contribution in [0.1, 0.15) is 19.5 Å². The van der Waals surface area contributed by atoms with Crippen LogP contribution in [0.4, 0.5) is 5.95 Å². The van der Waals surface area contributed by atoms with Crippen LogP contribution in [0.3, 0.4) is 0 Å². The predicted octanol–water partition coefficient (Wildman–Crippen LogP) is 1.06. The van der Waals surface area contributed by atoms with Crippen molar-refractivity contribution in [2.45, 2.75) is 33.4 Å². The van der Waals surface area contributed by atoms with Crippen LogP contribution in [-0.4, -0.2) is 36.0 Å². The number of anilines is 1. The Bertz CT molecular complexity index is 451. The topological polar surface area (TPSA) is 64.0 Å². The minimum Gasteiger partial charge on any atom is -0.352 e. The Morgan fingerprint density at radius 2 is 2.19 bits per heavy atom. The zero-order valence-electron chi connectivity index (χ0n) is 10.2. The second-order valence-corrected chi connectivity index (χ2v) is 6.31. The van der Waals surface area contributed by atoms with Crippen molar-refractivity contribution in [3.8, 4) is 0 Å². The van der Waals surface area contributed by atoms with Gasteiger partial charge in [0, 0.05) is 25.0 Å². The minimum absolute atomic E-state index is 0.114. The van der Waals surface area contributed by atoms with Crippen molar-refractivity contribution in [3.05, 3.63) is 11.9 Å². The van der Waals surface area contributed by atoms with Crippen molar-refractivity contribution >= 4 is 15.8 Å². The number of aromatic nitrogens is 2. The van der Waals surface area contributed by atoms with E-state index < -0.39 is 9.84 Å². The van der Waals surface area contributed by atoms with Crippen LogP contribution in [-0.2, 0) is 16.4 Å². The van der Waals surface area contributed by atoms with Gasteiger partial charge < -0.3 is 9.88 Å². The number of hydrogen-bond acceptors (Lipinski definition) is 4. The normalized spacial score (nSPS) is 13.8. The first kappa shape index (κ1) is 13.0. The number of hydrogen-bond donors (Lipinski definition) is 1. The van der Waals surface area contributed by atoms with Gasteiger partial charge in [0.25, 0.3) is 0 Å². The largest absolute Gasteiger partial charge is 0.352 e. The Kier molecular flexibility index (Phi) is 3.96. The predicted molar refractivity (Wildman–Crippen MR) is 65.4 cm³/mol. The molecule has 1 atom stereocenters. The lowest BCUT2D eigenvalue weighted by Crippen LogP contribution is -2.26. The van der Waals surface area contributed by atoms with E-state index in [2.05, 4.69) is 10.3 Å². The van der Waals surface area contributed by atoms with Crippen LogP contribution in [0.15, 0.2) is 6.20 Å². The highest BCUT2D eigenvalue weighted by molar-refractivity contribution is 7.90. The van der Waals surface area contributed by atoms with Gasteiger partial charge in [-0.2, -0.15) is 0 Å². The summed E-state index contributed by atoms with van der Waals surface area (Å²) in [5.41, 5.74) is 0.927. The van der Waals surface area contributed by atoms with Gasteiger partial charge >= 0.3 is 0 Å². The van der Waals surface area contributed by atoms with Crippen molar-refractivity contribution in [3.63, 3.8) is 0 Å². The second-order valence-electron chi connectivity index (χ2n) is 4.13. The molecule has 0 amide bonds. The third kappa shape index (κ3) is 3.84. The van der Waals surface area contributed by atoms with E-state index in [1.165, 1.54) is 6.26 Å². The molecule has 6 heteroatoms. The Morgan fingerprint density at radius 3 is 2.69 bits per heavy atom. The Morgan fingerprint density at radius 1 is 1.56 bits per heavy atom. The van der Waals surface area contributed by atoms with Crippen molar-refractivity contribution in [1.29, 1.82) is 0 Å². The number of nitrogens with one attached hydrogen (secondary N) is 1. The van der Waals surface area contributed by atoms with Crippen LogP contribution in [0.5, 0.6) is 0 Å². The Hall–Kier alpha value is -1.04. The number of nitrogens with zero attached hydrogens (tertiary/aromatic N) is 2. The van der Waals surface area contributed by atoms with Gasteiger partial charge in [0.15, 0.2) is 0 Å². The highest BCUT2D eigenvalue weighted by Gasteiger charge is 2.12. The average molecular weight is 245 g/mol. The van der Waals surface area contributed by atoms with Gasteiger partial charge in [-0.25, -0.2) is 13.4 Å². The molecule has 0 aliphatic heterocycles. The fourth-order valence-electron chi connectivity index (χ4n) is 1.62. The van der Waals surface area contributed by atoms with E-state index >= 15 is 0 Å². The smallest absolute Gasteiger partial charge is 0.203 e. The molecule has 1 aromatic heterocycles. The standard InChI is InChI=1S/C10H19N3O2S/c1-5-13-6-8(2)11-10(13)12-9(3)7-16(4,14)15/h6,9H,5,7H2,1-4H3,(H,11,12). The quantitative estimate of drug-likeness (QED) is 0.842. The summed E-state index contributed by atoms with van der Waals surface area (Å²) in [4.78, 5) is 4.31. The molecule has 5 nitrogen and oxygen atoms in total. The summed E-state index contributed by atoms with van der Waals surface area (Å²) >= 11 is 0. The molecule has 0 radical (unpaired) electrons. The monoisotopic (exact) mass is 245 g/mol. The van der Waals surface area contributed by atoms with Crippen molar-refractivity contribution in [1.82, 2.24) is 9.55 Å². The zero-order chi connectivity index (χ0) is 12.3. The molecule has 1 unspecified atom stereocenters. The van der Waals surface area contributed by atoms with Crippen molar-refractivity contribution < 1.29 is 8.42 Å². The van der Waals surface area contributed by atoms with Gasteiger partial charge in [0.05, 0.1) is 11.4 Å². The van der Waals surface area contributed by atoms with Gasteiger partial charge in [-0.05, 0) is 20.8 Å². The van der Waals surface area contributed by atoms with Crippen LogP contribution >= 0.6 is 0 Å². The lowest BCUT2D eigenvalue weighted by molar-refractivity contribution is 0.597. The van der Waals surface area contributed by atoms with Gasteiger partial charge in [-0.15, -0.1) is 0 Å². The number of aryl methyl sites for hydroxylation is 2. The summed E-state index contributed by atoms with van der Waals surface area (Å²) in [6.45, 7) is 6.59. The molecule has 0 bridgehead atoms. The molecule has 1 N–H and O–H groups in total. The Balaban J connectivity index is 2.72. The molecule has 0 aliphatic carbocycles. The summed E-state index contributed by atoms with van der Waals surface area (Å²) < 4.78 is 24.2. The van der Waals surface area contributed by atoms with Gasteiger partial charge in [0.2, 0.25) is 5.95 Å². The maximum absolute atomic E-state index is 11.1. The van der Waals surface area contributed by atoms with E-state index in [0.29, 0.717) is 0 Å². The first-order valence-corrected chi connectivity index (χ1v) is 7.36. The fraction of sp³-hybridized carbons (Fsp3) is 0.700. The molecule has 16 heavy (non-hydrogen) atoms. The summed E-state index contributed by atoms with van der Waals surface area (Å²) in [6.07, 6.45) is 3.18. The molecule has 0 aliphatic rings. The summed E-state index contributed by atoms with van der Waals surface area (Å²) in [6, 6.07) is -0.137. The molecule has 0 fully saturated rings. The maximum Gasteiger partial charge on any atom is 0.203 e. The van der Waals surface area contributed by atoms with Crippen LogP contribution < -0.4 is 5.32 Å². The lowest BCUT2D eigenvalue weighted by Gasteiger charge is -2.14. The van der Waals surface area contributed by atoms with Gasteiger partial charge in [-0.1, -0.05) is 0 Å². The van der Waals surface area contributed by atoms with Crippen LogP contribution in [0, 0.1) is 6.92 Å². The molecule has 0 saturated carbocycles. The highest BCUT2D eigenvalue weighted by atomic mass is 32.2. The molecular weight excluding hydrogens is 226 g/mol. The molecule has 1 heterocycles. The molecule has 1 rings (SSSR count). The van der Waals surface area contributed by atoms with E-state index in [1.807, 2.05) is 31.5 Å². The maximum atomic E-state index is 11.1. The van der Waals surface area contributed by atoms with Gasteiger partial charge in [-0.3, -0.25) is 0 Å². The molecule has 1 aromatic rings. The third-order valence-electron chi connectivity index (χ3n) is 2.17. The number of sulfone groups is 1. The minimum atomic E-state index is -2.96. The van der Waals surface area contributed by atoms with Crippen LogP contribution in [0.2, 0.25) is 0 Å². The number of rotatable bonds is 5. The molecule has 92 valence electrons. The third-order valence-corrected chi connectivity index (χ3v) is 3.27. The van der Waals surface area contributed by atoms with E-state index in [-0.39, 0.29) is 11.8 Å². The highest BCUT2D eigenvalue weighted by Crippen LogP contribution is 2.10. The summed E-state index contributed by atoms with van der Waals surface area (Å²) in [5, 5.41) is 3.11. The van der Waals surface area contributed by atoms with E-state index in [4.69, 9.17) is 0 Å². The molecule has 0 aromatic carbocycles. The molecule has 0 spiro atoms. The van der Waals surface area contributed by atoms with E-state index in [9.17, 15) is 8.42 Å². The molecule has 0 saturated heterocycles. The number of imidazole rings is 1. The summed E-state index contributed by atoms with van der Waals surface area (Å²) in [7, 11) is -2.96. The first-order valence-electron chi connectivity index (χ1n) is 5.30. The first-order chi connectivity index (χ1) is 7.31. The summed E-state index contributed by atoms with van der Waals surface area (Å²) in [5.74, 6) is 0.846. The SMILES string of the molecule is CCn1cc(C)nc1NC(C)CS(C)(=O)=O. The van der Waals surface area contributed by atoms with E-state index in [0.717, 1.165) is 18.2 Å². The zero-order valence-corrected chi connectivity index (χ0v) is 11.0. The van der Waals surface area contributed by atoms with E-state index in [1.54, 1.807) is 0 Å². The van der Waals surface area contributed by atoms with Crippen LogP contribution in [0.25, 0.3) is 0 Å².